The maximum absolute atomic E-state index is 10.7. The monoisotopic (exact) mass is 197 g/mol. The van der Waals surface area contributed by atoms with E-state index < -0.39 is 11.9 Å². The van der Waals surface area contributed by atoms with Gasteiger partial charge in [-0.05, 0) is 19.4 Å². The normalized spacial score (nSPS) is 12.8. The van der Waals surface area contributed by atoms with Crippen LogP contribution in [0.2, 0.25) is 0 Å². The first kappa shape index (κ1) is 10.7. The minimum Gasteiger partial charge on any atom is -0.481 e. The van der Waals surface area contributed by atoms with Crippen LogP contribution in [0, 0.1) is 19.8 Å². The van der Waals surface area contributed by atoms with E-state index in [1.807, 2.05) is 13.8 Å². The summed E-state index contributed by atoms with van der Waals surface area (Å²) in [5, 5.41) is 15.7. The first-order valence-electron chi connectivity index (χ1n) is 4.49. The Balaban J connectivity index is 2.77. The van der Waals surface area contributed by atoms with Crippen LogP contribution < -0.4 is 5.73 Å². The van der Waals surface area contributed by atoms with E-state index in [-0.39, 0.29) is 6.54 Å². The molecular formula is C9H15N3O2. The molecule has 1 heterocycles. The standard InChI is InChI=1S/C9H15N3O2/c1-5-6(2)11-12-8(5)3-7(4-10)9(13)14/h7H,3-4,10H2,1-2H3,(H,11,12)(H,13,14). The first-order valence-corrected chi connectivity index (χ1v) is 4.49. The summed E-state index contributed by atoms with van der Waals surface area (Å²) in [5.74, 6) is -1.41. The number of carbonyl (C=O) groups is 1. The summed E-state index contributed by atoms with van der Waals surface area (Å²) >= 11 is 0. The van der Waals surface area contributed by atoms with Gasteiger partial charge >= 0.3 is 5.97 Å². The van der Waals surface area contributed by atoms with E-state index in [0.717, 1.165) is 17.0 Å². The van der Waals surface area contributed by atoms with Gasteiger partial charge in [0.05, 0.1) is 11.6 Å². The number of aliphatic carboxylic acids is 1. The predicted molar refractivity (Wildman–Crippen MR) is 51.9 cm³/mol. The number of nitrogens with two attached hydrogens (primary N) is 1. The highest BCUT2D eigenvalue weighted by molar-refractivity contribution is 5.70. The third-order valence-electron chi connectivity index (χ3n) is 2.43. The lowest BCUT2D eigenvalue weighted by Gasteiger charge is -2.07. The van der Waals surface area contributed by atoms with Gasteiger partial charge in [0.2, 0.25) is 0 Å². The summed E-state index contributed by atoms with van der Waals surface area (Å²) in [6.07, 6.45) is 0.391. The van der Waals surface area contributed by atoms with Gasteiger partial charge in [0.1, 0.15) is 0 Å². The van der Waals surface area contributed by atoms with E-state index in [1.165, 1.54) is 0 Å². The molecule has 1 aromatic heterocycles. The number of carboxylic acid groups (broad SMARTS) is 1. The minimum absolute atomic E-state index is 0.140. The topological polar surface area (TPSA) is 92.0 Å². The molecule has 0 saturated heterocycles. The molecule has 1 unspecified atom stereocenters. The van der Waals surface area contributed by atoms with Crippen LogP contribution in [0.15, 0.2) is 0 Å². The van der Waals surface area contributed by atoms with Crippen LogP contribution in [0.1, 0.15) is 17.0 Å². The average molecular weight is 197 g/mol. The number of nitrogens with one attached hydrogen (secondary N) is 1. The second-order valence-corrected chi connectivity index (χ2v) is 3.40. The molecule has 0 aromatic carbocycles. The second kappa shape index (κ2) is 4.23. The molecule has 5 nitrogen and oxygen atoms in total. The Morgan fingerprint density at radius 3 is 2.64 bits per heavy atom. The quantitative estimate of drug-likeness (QED) is 0.644. The summed E-state index contributed by atoms with van der Waals surface area (Å²) in [6.45, 7) is 3.97. The maximum Gasteiger partial charge on any atom is 0.308 e. The second-order valence-electron chi connectivity index (χ2n) is 3.40. The molecule has 5 heteroatoms. The third kappa shape index (κ3) is 2.11. The van der Waals surface area contributed by atoms with Crippen molar-refractivity contribution in [2.24, 2.45) is 11.7 Å². The van der Waals surface area contributed by atoms with E-state index in [9.17, 15) is 4.79 Å². The molecule has 0 amide bonds. The molecule has 1 atom stereocenters. The van der Waals surface area contributed by atoms with Crippen LogP contribution in [0.25, 0.3) is 0 Å². The van der Waals surface area contributed by atoms with Crippen LogP contribution in [-0.2, 0) is 11.2 Å². The number of hydrogen-bond donors (Lipinski definition) is 3. The van der Waals surface area contributed by atoms with Crippen LogP contribution in [-0.4, -0.2) is 27.8 Å². The number of hydrogen-bond acceptors (Lipinski definition) is 3. The fraction of sp³-hybridized carbons (Fsp3) is 0.556. The van der Waals surface area contributed by atoms with Gasteiger partial charge in [-0.1, -0.05) is 0 Å². The van der Waals surface area contributed by atoms with E-state index in [2.05, 4.69) is 10.2 Å². The number of nitrogens with zero attached hydrogens (tertiary/aromatic N) is 1. The van der Waals surface area contributed by atoms with Gasteiger partial charge in [0.25, 0.3) is 0 Å². The van der Waals surface area contributed by atoms with Crippen molar-refractivity contribution in [1.82, 2.24) is 10.2 Å². The summed E-state index contributed by atoms with van der Waals surface area (Å²) in [6, 6.07) is 0. The fourth-order valence-corrected chi connectivity index (χ4v) is 1.24. The lowest BCUT2D eigenvalue weighted by atomic mass is 10.0. The SMILES string of the molecule is Cc1[nH]nc(CC(CN)C(=O)O)c1C. The lowest BCUT2D eigenvalue weighted by Crippen LogP contribution is -2.25. The largest absolute Gasteiger partial charge is 0.481 e. The van der Waals surface area contributed by atoms with Gasteiger partial charge in [-0.15, -0.1) is 0 Å². The van der Waals surface area contributed by atoms with Gasteiger partial charge < -0.3 is 10.8 Å². The molecule has 14 heavy (non-hydrogen) atoms. The molecule has 0 aliphatic carbocycles. The zero-order chi connectivity index (χ0) is 10.7. The number of aromatic nitrogens is 2. The van der Waals surface area contributed by atoms with Crippen LogP contribution >= 0.6 is 0 Å². The molecule has 0 spiro atoms. The molecule has 0 aliphatic rings. The number of H-pyrrole nitrogens is 1. The van der Waals surface area contributed by atoms with Crippen LogP contribution in [0.3, 0.4) is 0 Å². The maximum atomic E-state index is 10.7. The van der Waals surface area contributed by atoms with Crippen molar-refractivity contribution in [3.05, 3.63) is 17.0 Å². The summed E-state index contributed by atoms with van der Waals surface area (Å²) in [4.78, 5) is 10.7. The summed E-state index contributed by atoms with van der Waals surface area (Å²) in [7, 11) is 0. The van der Waals surface area contributed by atoms with Crippen molar-refractivity contribution in [1.29, 1.82) is 0 Å². The van der Waals surface area contributed by atoms with E-state index >= 15 is 0 Å². The molecule has 78 valence electrons. The third-order valence-corrected chi connectivity index (χ3v) is 2.43. The Labute approximate surface area is 82.3 Å². The molecular weight excluding hydrogens is 182 g/mol. The zero-order valence-electron chi connectivity index (χ0n) is 8.37. The van der Waals surface area contributed by atoms with Gasteiger partial charge in [-0.25, -0.2) is 0 Å². The number of aromatic amines is 1. The van der Waals surface area contributed by atoms with Gasteiger partial charge in [0, 0.05) is 18.7 Å². The van der Waals surface area contributed by atoms with Gasteiger partial charge in [0.15, 0.2) is 0 Å². The van der Waals surface area contributed by atoms with E-state index in [4.69, 9.17) is 10.8 Å². The lowest BCUT2D eigenvalue weighted by molar-refractivity contribution is -0.141. The van der Waals surface area contributed by atoms with Gasteiger partial charge in [-0.3, -0.25) is 9.89 Å². The van der Waals surface area contributed by atoms with Crippen molar-refractivity contribution in [3.8, 4) is 0 Å². The molecule has 0 bridgehead atoms. The first-order chi connectivity index (χ1) is 6.56. The van der Waals surface area contributed by atoms with Crippen molar-refractivity contribution in [3.63, 3.8) is 0 Å². The van der Waals surface area contributed by atoms with Crippen molar-refractivity contribution in [2.45, 2.75) is 20.3 Å². The molecule has 0 radical (unpaired) electrons. The number of aryl methyl sites for hydroxylation is 1. The Hall–Kier alpha value is -1.36. The molecule has 0 fully saturated rings. The Morgan fingerprint density at radius 1 is 1.64 bits per heavy atom. The molecule has 0 saturated carbocycles. The molecule has 0 aliphatic heterocycles. The summed E-state index contributed by atoms with van der Waals surface area (Å²) in [5.41, 5.74) is 8.14. The van der Waals surface area contributed by atoms with Crippen molar-refractivity contribution in [2.75, 3.05) is 6.54 Å². The highest BCUT2D eigenvalue weighted by Gasteiger charge is 2.18. The number of rotatable bonds is 4. The highest BCUT2D eigenvalue weighted by Crippen LogP contribution is 2.13. The molecule has 1 aromatic rings. The van der Waals surface area contributed by atoms with Crippen LogP contribution in [0.5, 0.6) is 0 Å². The Bertz CT molecular complexity index is 333. The van der Waals surface area contributed by atoms with Crippen molar-refractivity contribution >= 4 is 5.97 Å². The van der Waals surface area contributed by atoms with Gasteiger partial charge in [-0.2, -0.15) is 5.10 Å². The zero-order valence-corrected chi connectivity index (χ0v) is 8.37. The van der Waals surface area contributed by atoms with E-state index in [0.29, 0.717) is 6.42 Å². The van der Waals surface area contributed by atoms with E-state index in [1.54, 1.807) is 0 Å². The summed E-state index contributed by atoms with van der Waals surface area (Å²) < 4.78 is 0. The molecule has 1 rings (SSSR count). The Kier molecular flexibility index (Phi) is 3.24. The average Bonchev–Trinajstić information content (AvgIpc) is 2.44. The predicted octanol–water partition coefficient (Wildman–Crippen LogP) is 0.229. The molecule has 4 N–H and O–H groups in total. The van der Waals surface area contributed by atoms with Crippen LogP contribution in [0.4, 0.5) is 0 Å². The van der Waals surface area contributed by atoms with Crippen molar-refractivity contribution < 1.29 is 9.90 Å². The highest BCUT2D eigenvalue weighted by atomic mass is 16.4. The minimum atomic E-state index is -0.868. The number of carboxylic acids is 1. The fourth-order valence-electron chi connectivity index (χ4n) is 1.24. The smallest absolute Gasteiger partial charge is 0.308 e. The Morgan fingerprint density at radius 2 is 2.29 bits per heavy atom.